The second-order valence-electron chi connectivity index (χ2n) is 5.29. The highest BCUT2D eigenvalue weighted by molar-refractivity contribution is 7.89. The van der Waals surface area contributed by atoms with E-state index in [4.69, 9.17) is 14.6 Å². The normalized spacial score (nSPS) is 11.2. The molecule has 0 saturated heterocycles. The summed E-state index contributed by atoms with van der Waals surface area (Å²) in [5.41, 5.74) is 0.469. The van der Waals surface area contributed by atoms with E-state index in [1.54, 1.807) is 18.2 Å². The Morgan fingerprint density at radius 1 is 1.12 bits per heavy atom. The third kappa shape index (κ3) is 4.50. The van der Waals surface area contributed by atoms with Gasteiger partial charge in [-0.25, -0.2) is 22.3 Å². The summed E-state index contributed by atoms with van der Waals surface area (Å²) in [6.45, 7) is -0.00540. The van der Waals surface area contributed by atoms with Crippen molar-refractivity contribution in [3.8, 4) is 11.5 Å². The summed E-state index contributed by atoms with van der Waals surface area (Å²) in [7, 11) is -1.20. The van der Waals surface area contributed by atoms with Crippen LogP contribution >= 0.6 is 0 Å². The molecular formula is C17H18FNO6S. The van der Waals surface area contributed by atoms with Crippen molar-refractivity contribution in [1.29, 1.82) is 0 Å². The zero-order valence-electron chi connectivity index (χ0n) is 14.2. The van der Waals surface area contributed by atoms with Gasteiger partial charge in [0.15, 0.2) is 11.5 Å². The van der Waals surface area contributed by atoms with Crippen LogP contribution in [0.25, 0.3) is 0 Å². The van der Waals surface area contributed by atoms with Crippen LogP contribution in [0.15, 0.2) is 41.3 Å². The van der Waals surface area contributed by atoms with E-state index in [9.17, 15) is 17.6 Å². The minimum absolute atomic E-state index is 0.00540. The molecule has 2 aromatic carbocycles. The second-order valence-corrected chi connectivity index (χ2v) is 7.02. The SMILES string of the molecule is COc1ccc(CCNS(=O)(=O)c2cc(C(=O)O)ccc2F)cc1OC. The van der Waals surface area contributed by atoms with Gasteiger partial charge in [0, 0.05) is 6.54 Å². The summed E-state index contributed by atoms with van der Waals surface area (Å²) in [6.07, 6.45) is 0.319. The summed E-state index contributed by atoms with van der Waals surface area (Å²) in [5.74, 6) is -1.31. The summed E-state index contributed by atoms with van der Waals surface area (Å²) in [5, 5.41) is 8.92. The number of carboxylic acid groups (broad SMARTS) is 1. The second kappa shape index (κ2) is 8.15. The topological polar surface area (TPSA) is 102 Å². The number of hydrogen-bond donors (Lipinski definition) is 2. The van der Waals surface area contributed by atoms with Gasteiger partial charge < -0.3 is 14.6 Å². The van der Waals surface area contributed by atoms with Gasteiger partial charge >= 0.3 is 5.97 Å². The van der Waals surface area contributed by atoms with Gasteiger partial charge in [-0.3, -0.25) is 0 Å². The molecule has 0 unspecified atom stereocenters. The van der Waals surface area contributed by atoms with Crippen LogP contribution in [-0.2, 0) is 16.4 Å². The fraction of sp³-hybridized carbons (Fsp3) is 0.235. The van der Waals surface area contributed by atoms with Crippen LogP contribution in [0.3, 0.4) is 0 Å². The van der Waals surface area contributed by atoms with Crippen LogP contribution in [0, 0.1) is 5.82 Å². The predicted molar refractivity (Wildman–Crippen MR) is 91.8 cm³/mol. The maximum atomic E-state index is 13.8. The van der Waals surface area contributed by atoms with E-state index >= 15 is 0 Å². The molecule has 0 atom stereocenters. The van der Waals surface area contributed by atoms with Gasteiger partial charge in [0.25, 0.3) is 0 Å². The number of sulfonamides is 1. The highest BCUT2D eigenvalue weighted by Gasteiger charge is 2.20. The summed E-state index contributed by atoms with van der Waals surface area (Å²) in [6, 6.07) is 7.75. The number of halogens is 1. The van der Waals surface area contributed by atoms with Crippen molar-refractivity contribution in [3.63, 3.8) is 0 Å². The third-order valence-corrected chi connectivity index (χ3v) is 5.10. The van der Waals surface area contributed by atoms with Gasteiger partial charge in [-0.1, -0.05) is 6.07 Å². The average molecular weight is 383 g/mol. The Balaban J connectivity index is 2.12. The molecule has 2 aromatic rings. The van der Waals surface area contributed by atoms with E-state index in [1.807, 2.05) is 0 Å². The molecule has 0 aliphatic rings. The number of carbonyl (C=O) groups is 1. The first kappa shape index (κ1) is 19.7. The Bertz CT molecular complexity index is 913. The maximum absolute atomic E-state index is 13.8. The van der Waals surface area contributed by atoms with Crippen molar-refractivity contribution in [1.82, 2.24) is 4.72 Å². The van der Waals surface area contributed by atoms with Crippen molar-refractivity contribution in [3.05, 3.63) is 53.3 Å². The van der Waals surface area contributed by atoms with Crippen molar-refractivity contribution in [2.75, 3.05) is 20.8 Å². The van der Waals surface area contributed by atoms with E-state index in [2.05, 4.69) is 4.72 Å². The molecule has 0 bridgehead atoms. The van der Waals surface area contributed by atoms with Crippen molar-refractivity contribution in [2.24, 2.45) is 0 Å². The lowest BCUT2D eigenvalue weighted by atomic mass is 10.1. The molecule has 0 aliphatic heterocycles. The molecule has 0 spiro atoms. The van der Waals surface area contributed by atoms with E-state index in [1.165, 1.54) is 14.2 Å². The molecule has 0 amide bonds. The van der Waals surface area contributed by atoms with Crippen molar-refractivity contribution >= 4 is 16.0 Å². The van der Waals surface area contributed by atoms with Crippen molar-refractivity contribution in [2.45, 2.75) is 11.3 Å². The van der Waals surface area contributed by atoms with Crippen LogP contribution in [0.5, 0.6) is 11.5 Å². The average Bonchev–Trinajstić information content (AvgIpc) is 2.61. The van der Waals surface area contributed by atoms with Gasteiger partial charge in [-0.15, -0.1) is 0 Å². The molecule has 7 nitrogen and oxygen atoms in total. The van der Waals surface area contributed by atoms with E-state index in [0.29, 0.717) is 17.9 Å². The first-order valence-electron chi connectivity index (χ1n) is 7.52. The number of hydrogen-bond acceptors (Lipinski definition) is 5. The van der Waals surface area contributed by atoms with E-state index in [0.717, 1.165) is 23.8 Å². The molecule has 0 fully saturated rings. The fourth-order valence-electron chi connectivity index (χ4n) is 2.29. The monoisotopic (exact) mass is 383 g/mol. The highest BCUT2D eigenvalue weighted by atomic mass is 32.2. The van der Waals surface area contributed by atoms with E-state index in [-0.39, 0.29) is 12.1 Å². The van der Waals surface area contributed by atoms with Gasteiger partial charge in [0.05, 0.1) is 19.8 Å². The maximum Gasteiger partial charge on any atom is 0.335 e. The third-order valence-electron chi connectivity index (χ3n) is 3.62. The number of benzene rings is 2. The standard InChI is InChI=1S/C17H18FNO6S/c1-24-14-6-3-11(9-15(14)25-2)7-8-19-26(22,23)16-10-12(17(20)21)4-5-13(16)18/h3-6,9-10,19H,7-8H2,1-2H3,(H,20,21). The van der Waals surface area contributed by atoms with Crippen LogP contribution < -0.4 is 14.2 Å². The molecular weight excluding hydrogens is 365 g/mol. The van der Waals surface area contributed by atoms with Crippen LogP contribution in [0.2, 0.25) is 0 Å². The molecule has 9 heteroatoms. The zero-order valence-corrected chi connectivity index (χ0v) is 15.0. The van der Waals surface area contributed by atoms with Gasteiger partial charge in [-0.05, 0) is 42.3 Å². The molecule has 2 rings (SSSR count). The minimum Gasteiger partial charge on any atom is -0.493 e. The first-order chi connectivity index (χ1) is 12.3. The van der Waals surface area contributed by atoms with E-state index < -0.39 is 26.7 Å². The lowest BCUT2D eigenvalue weighted by Crippen LogP contribution is -2.27. The molecule has 0 heterocycles. The van der Waals surface area contributed by atoms with Crippen LogP contribution in [0.1, 0.15) is 15.9 Å². The van der Waals surface area contributed by atoms with Gasteiger partial charge in [0.1, 0.15) is 10.7 Å². The van der Waals surface area contributed by atoms with Crippen LogP contribution in [-0.4, -0.2) is 40.3 Å². The Morgan fingerprint density at radius 2 is 1.81 bits per heavy atom. The molecule has 26 heavy (non-hydrogen) atoms. The zero-order chi connectivity index (χ0) is 19.3. The Labute approximate surface area is 150 Å². The molecule has 140 valence electrons. The quantitative estimate of drug-likeness (QED) is 0.724. The predicted octanol–water partition coefficient (Wildman–Crippen LogP) is 2.06. The largest absolute Gasteiger partial charge is 0.493 e. The molecule has 0 aliphatic carbocycles. The lowest BCUT2D eigenvalue weighted by molar-refractivity contribution is 0.0696. The summed E-state index contributed by atoms with van der Waals surface area (Å²) < 4.78 is 50.9. The number of carboxylic acids is 1. The number of methoxy groups -OCH3 is 2. The molecule has 0 saturated carbocycles. The number of ether oxygens (including phenoxy) is 2. The Morgan fingerprint density at radius 3 is 2.42 bits per heavy atom. The fourth-order valence-corrected chi connectivity index (χ4v) is 3.42. The van der Waals surface area contributed by atoms with Gasteiger partial charge in [-0.2, -0.15) is 0 Å². The smallest absolute Gasteiger partial charge is 0.335 e. The first-order valence-corrected chi connectivity index (χ1v) is 9.00. The number of aromatic carboxylic acids is 1. The lowest BCUT2D eigenvalue weighted by Gasteiger charge is -2.11. The van der Waals surface area contributed by atoms with Gasteiger partial charge in [0.2, 0.25) is 10.0 Å². The Hall–Kier alpha value is -2.65. The Kier molecular flexibility index (Phi) is 6.17. The minimum atomic E-state index is -4.19. The molecule has 2 N–H and O–H groups in total. The van der Waals surface area contributed by atoms with Crippen LogP contribution in [0.4, 0.5) is 4.39 Å². The number of nitrogens with one attached hydrogen (secondary N) is 1. The summed E-state index contributed by atoms with van der Waals surface area (Å²) >= 11 is 0. The summed E-state index contributed by atoms with van der Waals surface area (Å²) in [4.78, 5) is 10.2. The number of rotatable bonds is 8. The molecule has 0 aromatic heterocycles. The van der Waals surface area contributed by atoms with Crippen molar-refractivity contribution < 1.29 is 32.2 Å². The highest BCUT2D eigenvalue weighted by Crippen LogP contribution is 2.27. The molecule has 0 radical (unpaired) electrons.